The van der Waals surface area contributed by atoms with Crippen molar-refractivity contribution in [2.45, 2.75) is 122 Å². The van der Waals surface area contributed by atoms with Gasteiger partial charge in [0.05, 0.1) is 12.5 Å². The Hall–Kier alpha value is -1.64. The third-order valence-corrected chi connectivity index (χ3v) is 8.30. The number of unbranched alkanes of at least 4 members (excludes halogenated alkanes) is 5. The predicted octanol–water partition coefficient (Wildman–Crippen LogP) is 8.44. The van der Waals surface area contributed by atoms with Crippen LogP contribution in [0.4, 0.5) is 0 Å². The molecule has 0 saturated heterocycles. The van der Waals surface area contributed by atoms with Gasteiger partial charge in [-0.1, -0.05) is 70.9 Å². The van der Waals surface area contributed by atoms with E-state index in [-0.39, 0.29) is 17.5 Å². The molecule has 2 fully saturated rings. The largest absolute Gasteiger partial charge is 0.494 e. The van der Waals surface area contributed by atoms with E-state index in [1.165, 1.54) is 44.1 Å². The molecule has 2 aliphatic rings. The predicted molar refractivity (Wildman–Crippen MR) is 140 cm³/mol. The molecule has 3 heteroatoms. The summed E-state index contributed by atoms with van der Waals surface area (Å²) < 4.78 is 5.79. The van der Waals surface area contributed by atoms with Crippen molar-refractivity contribution in [3.8, 4) is 5.75 Å². The summed E-state index contributed by atoms with van der Waals surface area (Å²) in [5.74, 6) is 2.72. The van der Waals surface area contributed by atoms with Gasteiger partial charge in [-0.05, 0) is 80.4 Å². The fourth-order valence-electron chi connectivity index (χ4n) is 6.01. The monoisotopic (exact) mass is 468 g/mol. The van der Waals surface area contributed by atoms with Gasteiger partial charge in [-0.25, -0.2) is 0 Å². The molecular weight excluding hydrogens is 420 g/mol. The number of ketones is 2. The van der Waals surface area contributed by atoms with E-state index in [9.17, 15) is 9.59 Å². The first kappa shape index (κ1) is 27.0. The van der Waals surface area contributed by atoms with Gasteiger partial charge in [0.15, 0.2) is 0 Å². The molecule has 2 saturated carbocycles. The number of hydrogen-bond donors (Lipinski definition) is 0. The van der Waals surface area contributed by atoms with Crippen LogP contribution in [0.3, 0.4) is 0 Å². The SMILES string of the molecule is CCCCCCCC1CCC(C(=O)CC2CCC(c3ccc(OCCCC)cc3)CC2)C(=O)C1. The highest BCUT2D eigenvalue weighted by Gasteiger charge is 2.34. The number of carbonyl (C=O) groups is 2. The fraction of sp³-hybridized carbons (Fsp3) is 0.742. The van der Waals surface area contributed by atoms with E-state index in [1.807, 2.05) is 0 Å². The lowest BCUT2D eigenvalue weighted by atomic mass is 9.73. The van der Waals surface area contributed by atoms with Crippen LogP contribution in [-0.4, -0.2) is 18.2 Å². The number of hydrogen-bond acceptors (Lipinski definition) is 3. The van der Waals surface area contributed by atoms with Crippen LogP contribution in [0.25, 0.3) is 0 Å². The van der Waals surface area contributed by atoms with Crippen LogP contribution in [0.15, 0.2) is 24.3 Å². The Kier molecular flexibility index (Phi) is 11.6. The number of carbonyl (C=O) groups excluding carboxylic acids is 2. The van der Waals surface area contributed by atoms with E-state index in [0.717, 1.165) is 63.7 Å². The van der Waals surface area contributed by atoms with Crippen molar-refractivity contribution in [2.75, 3.05) is 6.61 Å². The molecule has 1 aromatic rings. The van der Waals surface area contributed by atoms with Crippen LogP contribution in [0.5, 0.6) is 5.75 Å². The van der Waals surface area contributed by atoms with Crippen molar-refractivity contribution in [3.05, 3.63) is 29.8 Å². The van der Waals surface area contributed by atoms with Crippen molar-refractivity contribution >= 4 is 11.6 Å². The van der Waals surface area contributed by atoms with Crippen LogP contribution in [0.2, 0.25) is 0 Å². The molecule has 3 nitrogen and oxygen atoms in total. The van der Waals surface area contributed by atoms with Gasteiger partial charge in [0.1, 0.15) is 17.3 Å². The Balaban J connectivity index is 1.35. The Morgan fingerprint density at radius 3 is 2.18 bits per heavy atom. The van der Waals surface area contributed by atoms with Crippen LogP contribution in [0.1, 0.15) is 128 Å². The summed E-state index contributed by atoms with van der Waals surface area (Å²) in [5.41, 5.74) is 1.40. The zero-order valence-electron chi connectivity index (χ0n) is 21.9. The standard InChI is InChI=1S/C31H48O3/c1-3-5-7-8-9-10-24-13-20-29(30(32)22-24)31(33)23-25-11-14-26(15-12-25)27-16-18-28(19-17-27)34-21-6-4-2/h16-19,24-26,29H,3-15,20-23H2,1-2H3. The van der Waals surface area contributed by atoms with Crippen molar-refractivity contribution in [3.63, 3.8) is 0 Å². The molecule has 190 valence electrons. The molecule has 2 aliphatic carbocycles. The first-order valence-electron chi connectivity index (χ1n) is 14.4. The molecule has 2 unspecified atom stereocenters. The van der Waals surface area contributed by atoms with Gasteiger partial charge in [0, 0.05) is 12.8 Å². The van der Waals surface area contributed by atoms with E-state index in [4.69, 9.17) is 4.74 Å². The van der Waals surface area contributed by atoms with E-state index in [2.05, 4.69) is 38.1 Å². The van der Waals surface area contributed by atoms with Gasteiger partial charge in [0.2, 0.25) is 0 Å². The Morgan fingerprint density at radius 2 is 1.50 bits per heavy atom. The quantitative estimate of drug-likeness (QED) is 0.203. The van der Waals surface area contributed by atoms with Crippen LogP contribution < -0.4 is 4.74 Å². The highest BCUT2D eigenvalue weighted by atomic mass is 16.5. The zero-order chi connectivity index (χ0) is 24.2. The normalized spacial score (nSPS) is 25.3. The molecule has 0 aliphatic heterocycles. The molecule has 0 heterocycles. The van der Waals surface area contributed by atoms with Gasteiger partial charge in [-0.3, -0.25) is 9.59 Å². The first-order valence-corrected chi connectivity index (χ1v) is 14.4. The summed E-state index contributed by atoms with van der Waals surface area (Å²) in [6.07, 6.45) is 17.5. The number of benzene rings is 1. The van der Waals surface area contributed by atoms with Crippen molar-refractivity contribution in [1.82, 2.24) is 0 Å². The molecule has 2 atom stereocenters. The molecule has 3 rings (SSSR count). The average Bonchev–Trinajstić information content (AvgIpc) is 2.85. The Labute approximate surface area is 208 Å². The van der Waals surface area contributed by atoms with Crippen LogP contribution >= 0.6 is 0 Å². The van der Waals surface area contributed by atoms with Gasteiger partial charge < -0.3 is 4.74 Å². The molecule has 0 radical (unpaired) electrons. The smallest absolute Gasteiger partial charge is 0.143 e. The third-order valence-electron chi connectivity index (χ3n) is 8.30. The zero-order valence-corrected chi connectivity index (χ0v) is 21.9. The van der Waals surface area contributed by atoms with Crippen molar-refractivity contribution < 1.29 is 14.3 Å². The minimum absolute atomic E-state index is 0.239. The second-order valence-electron chi connectivity index (χ2n) is 11.0. The molecule has 0 N–H and O–H groups in total. The van der Waals surface area contributed by atoms with Gasteiger partial charge in [0.25, 0.3) is 0 Å². The average molecular weight is 469 g/mol. The fourth-order valence-corrected chi connectivity index (χ4v) is 6.01. The lowest BCUT2D eigenvalue weighted by molar-refractivity contribution is -0.136. The van der Waals surface area contributed by atoms with Gasteiger partial charge >= 0.3 is 0 Å². The van der Waals surface area contributed by atoms with E-state index >= 15 is 0 Å². The molecule has 0 aromatic heterocycles. The third kappa shape index (κ3) is 8.54. The van der Waals surface area contributed by atoms with Crippen molar-refractivity contribution in [2.24, 2.45) is 17.8 Å². The maximum absolute atomic E-state index is 13.0. The number of ether oxygens (including phenoxy) is 1. The highest BCUT2D eigenvalue weighted by molar-refractivity contribution is 6.02. The molecule has 1 aromatic carbocycles. The Morgan fingerprint density at radius 1 is 0.824 bits per heavy atom. The lowest BCUT2D eigenvalue weighted by Crippen LogP contribution is -2.32. The summed E-state index contributed by atoms with van der Waals surface area (Å²) >= 11 is 0. The topological polar surface area (TPSA) is 43.4 Å². The number of Topliss-reactive ketones (excluding diaryl/α,β-unsaturated/α-hetero) is 2. The minimum atomic E-state index is -0.297. The first-order chi connectivity index (χ1) is 16.6. The molecular formula is C31H48O3. The van der Waals surface area contributed by atoms with Crippen molar-refractivity contribution in [1.29, 1.82) is 0 Å². The maximum Gasteiger partial charge on any atom is 0.143 e. The summed E-state index contributed by atoms with van der Waals surface area (Å²) in [5, 5.41) is 0. The molecule has 0 bridgehead atoms. The van der Waals surface area contributed by atoms with Crippen LogP contribution in [0, 0.1) is 17.8 Å². The van der Waals surface area contributed by atoms with Gasteiger partial charge in [-0.2, -0.15) is 0 Å². The van der Waals surface area contributed by atoms with Crippen LogP contribution in [-0.2, 0) is 9.59 Å². The number of rotatable bonds is 14. The summed E-state index contributed by atoms with van der Waals surface area (Å²) in [6.45, 7) is 5.21. The Bertz CT molecular complexity index is 730. The van der Waals surface area contributed by atoms with E-state index < -0.39 is 0 Å². The second kappa shape index (κ2) is 14.7. The summed E-state index contributed by atoms with van der Waals surface area (Å²) in [4.78, 5) is 25.7. The molecule has 0 amide bonds. The minimum Gasteiger partial charge on any atom is -0.494 e. The lowest BCUT2D eigenvalue weighted by Gasteiger charge is -2.31. The summed E-state index contributed by atoms with van der Waals surface area (Å²) in [6, 6.07) is 8.65. The van der Waals surface area contributed by atoms with Gasteiger partial charge in [-0.15, -0.1) is 0 Å². The second-order valence-corrected chi connectivity index (χ2v) is 11.0. The molecule has 0 spiro atoms. The summed E-state index contributed by atoms with van der Waals surface area (Å²) in [7, 11) is 0. The highest BCUT2D eigenvalue weighted by Crippen LogP contribution is 2.39. The van der Waals surface area contributed by atoms with E-state index in [1.54, 1.807) is 0 Å². The van der Waals surface area contributed by atoms with E-state index in [0.29, 0.717) is 30.6 Å². The maximum atomic E-state index is 13.0. The molecule has 34 heavy (non-hydrogen) atoms.